The average Bonchev–Trinajstić information content (AvgIpc) is 3.21. The summed E-state index contributed by atoms with van der Waals surface area (Å²) in [6, 6.07) is 13.9. The number of amides is 2. The highest BCUT2D eigenvalue weighted by Crippen LogP contribution is 2.29. The van der Waals surface area contributed by atoms with Crippen molar-refractivity contribution < 1.29 is 18.0 Å². The summed E-state index contributed by atoms with van der Waals surface area (Å²) in [5, 5.41) is 2.93. The van der Waals surface area contributed by atoms with Gasteiger partial charge in [-0.05, 0) is 56.0 Å². The molecule has 1 unspecified atom stereocenters. The van der Waals surface area contributed by atoms with E-state index in [1.54, 1.807) is 35.2 Å². The van der Waals surface area contributed by atoms with Gasteiger partial charge >= 0.3 is 0 Å². The van der Waals surface area contributed by atoms with E-state index in [0.29, 0.717) is 38.0 Å². The number of piperidine rings is 1. The molecular formula is C23H27N3O4S. The van der Waals surface area contributed by atoms with Gasteiger partial charge in [-0.2, -0.15) is 4.31 Å². The molecule has 0 saturated carbocycles. The normalized spacial score (nSPS) is 20.1. The summed E-state index contributed by atoms with van der Waals surface area (Å²) in [5.41, 5.74) is 2.41. The monoisotopic (exact) mass is 441 g/mol. The molecule has 0 radical (unpaired) electrons. The van der Waals surface area contributed by atoms with E-state index < -0.39 is 15.9 Å². The molecule has 0 aliphatic carbocycles. The lowest BCUT2D eigenvalue weighted by Crippen LogP contribution is -2.43. The molecule has 0 aromatic heterocycles. The zero-order valence-electron chi connectivity index (χ0n) is 17.6. The smallest absolute Gasteiger partial charge is 0.243 e. The fraction of sp³-hybridized carbons (Fsp3) is 0.391. The van der Waals surface area contributed by atoms with E-state index in [9.17, 15) is 18.0 Å². The fourth-order valence-corrected chi connectivity index (χ4v) is 5.79. The first-order valence-corrected chi connectivity index (χ1v) is 12.1. The van der Waals surface area contributed by atoms with E-state index in [0.717, 1.165) is 17.7 Å². The number of carbonyl (C=O) groups excluding carboxylic acids is 2. The van der Waals surface area contributed by atoms with E-state index >= 15 is 0 Å². The van der Waals surface area contributed by atoms with Crippen LogP contribution >= 0.6 is 0 Å². The van der Waals surface area contributed by atoms with Crippen LogP contribution in [0.15, 0.2) is 53.4 Å². The van der Waals surface area contributed by atoms with Gasteiger partial charge in [0.2, 0.25) is 21.8 Å². The first-order chi connectivity index (χ1) is 14.9. The molecule has 1 N–H and O–H groups in total. The van der Waals surface area contributed by atoms with Gasteiger partial charge in [0.25, 0.3) is 0 Å². The van der Waals surface area contributed by atoms with Gasteiger partial charge < -0.3 is 10.2 Å². The second kappa shape index (κ2) is 8.80. The van der Waals surface area contributed by atoms with Crippen molar-refractivity contribution in [3.63, 3.8) is 0 Å². The summed E-state index contributed by atoms with van der Waals surface area (Å²) in [6.07, 6.45) is 2.65. The van der Waals surface area contributed by atoms with Crippen molar-refractivity contribution in [3.05, 3.63) is 54.1 Å². The molecule has 31 heavy (non-hydrogen) atoms. The van der Waals surface area contributed by atoms with E-state index in [1.807, 2.05) is 25.1 Å². The topological polar surface area (TPSA) is 86.8 Å². The number of nitrogens with one attached hydrogen (secondary N) is 1. The Hall–Kier alpha value is -2.71. The van der Waals surface area contributed by atoms with Crippen molar-refractivity contribution >= 4 is 33.2 Å². The Bertz CT molecular complexity index is 1090. The van der Waals surface area contributed by atoms with Gasteiger partial charge in [0, 0.05) is 37.4 Å². The number of hydrogen-bond acceptors (Lipinski definition) is 4. The Labute approximate surface area is 183 Å². The van der Waals surface area contributed by atoms with Crippen molar-refractivity contribution in [1.82, 2.24) is 4.31 Å². The number of benzene rings is 2. The van der Waals surface area contributed by atoms with Gasteiger partial charge in [-0.3, -0.25) is 9.59 Å². The van der Waals surface area contributed by atoms with Gasteiger partial charge in [-0.1, -0.05) is 24.3 Å². The second-order valence-corrected chi connectivity index (χ2v) is 10.1. The van der Waals surface area contributed by atoms with E-state index in [4.69, 9.17) is 0 Å². The molecule has 2 aromatic carbocycles. The van der Waals surface area contributed by atoms with Gasteiger partial charge in [-0.25, -0.2) is 8.42 Å². The fourth-order valence-electron chi connectivity index (χ4n) is 4.24. The molecule has 2 amide bonds. The highest BCUT2D eigenvalue weighted by Gasteiger charge is 2.33. The Morgan fingerprint density at radius 2 is 1.84 bits per heavy atom. The van der Waals surface area contributed by atoms with E-state index in [1.165, 1.54) is 4.31 Å². The van der Waals surface area contributed by atoms with E-state index in [-0.39, 0.29) is 23.3 Å². The van der Waals surface area contributed by atoms with Crippen molar-refractivity contribution in [2.45, 2.75) is 37.5 Å². The number of nitrogens with zero attached hydrogens (tertiary/aromatic N) is 2. The zero-order valence-corrected chi connectivity index (χ0v) is 18.4. The summed E-state index contributed by atoms with van der Waals surface area (Å²) >= 11 is 0. The van der Waals surface area contributed by atoms with Crippen LogP contribution in [0.4, 0.5) is 11.4 Å². The lowest BCUT2D eigenvalue weighted by atomic mass is 9.98. The maximum Gasteiger partial charge on any atom is 0.243 e. The maximum absolute atomic E-state index is 12.9. The molecule has 2 saturated heterocycles. The Balaban J connectivity index is 1.47. The van der Waals surface area contributed by atoms with Crippen LogP contribution in [0, 0.1) is 12.8 Å². The number of anilines is 2. The molecule has 2 fully saturated rings. The summed E-state index contributed by atoms with van der Waals surface area (Å²) in [5.74, 6) is -0.526. The molecule has 4 rings (SSSR count). The van der Waals surface area contributed by atoms with Crippen molar-refractivity contribution in [1.29, 1.82) is 0 Å². The first-order valence-electron chi connectivity index (χ1n) is 10.6. The minimum absolute atomic E-state index is 0.0978. The summed E-state index contributed by atoms with van der Waals surface area (Å²) in [4.78, 5) is 27.1. The van der Waals surface area contributed by atoms with Crippen LogP contribution in [0.25, 0.3) is 0 Å². The number of hydrogen-bond donors (Lipinski definition) is 1. The molecular weight excluding hydrogens is 414 g/mol. The minimum atomic E-state index is -3.62. The van der Waals surface area contributed by atoms with Crippen molar-refractivity contribution in [3.8, 4) is 0 Å². The number of sulfonamides is 1. The lowest BCUT2D eigenvalue weighted by molar-refractivity contribution is -0.121. The van der Waals surface area contributed by atoms with Crippen LogP contribution in [-0.2, 0) is 19.6 Å². The van der Waals surface area contributed by atoms with Crippen molar-refractivity contribution in [2.75, 3.05) is 29.9 Å². The van der Waals surface area contributed by atoms with Gasteiger partial charge in [0.15, 0.2) is 0 Å². The van der Waals surface area contributed by atoms with Crippen LogP contribution in [0.3, 0.4) is 0 Å². The van der Waals surface area contributed by atoms with Gasteiger partial charge in [0.1, 0.15) is 0 Å². The molecule has 2 aliphatic heterocycles. The Morgan fingerprint density at radius 3 is 2.55 bits per heavy atom. The number of carbonyl (C=O) groups is 2. The maximum atomic E-state index is 12.9. The molecule has 0 spiro atoms. The quantitative estimate of drug-likeness (QED) is 0.772. The Kier molecular flexibility index (Phi) is 6.11. The molecule has 1 atom stereocenters. The molecule has 0 bridgehead atoms. The second-order valence-electron chi connectivity index (χ2n) is 8.15. The molecule has 7 nitrogen and oxygen atoms in total. The zero-order chi connectivity index (χ0) is 22.0. The highest BCUT2D eigenvalue weighted by molar-refractivity contribution is 7.89. The van der Waals surface area contributed by atoms with Gasteiger partial charge in [0.05, 0.1) is 10.8 Å². The molecule has 2 aliphatic rings. The molecule has 8 heteroatoms. The van der Waals surface area contributed by atoms with Crippen LogP contribution in [0.2, 0.25) is 0 Å². The lowest BCUT2D eigenvalue weighted by Gasteiger charge is -2.31. The third kappa shape index (κ3) is 4.50. The first kappa shape index (κ1) is 21.5. The Morgan fingerprint density at radius 1 is 1.06 bits per heavy atom. The third-order valence-corrected chi connectivity index (χ3v) is 7.86. The third-order valence-electron chi connectivity index (χ3n) is 5.98. The number of rotatable bonds is 5. The summed E-state index contributed by atoms with van der Waals surface area (Å²) in [7, 11) is -3.62. The summed E-state index contributed by atoms with van der Waals surface area (Å²) in [6.45, 7) is 3.20. The van der Waals surface area contributed by atoms with Gasteiger partial charge in [-0.15, -0.1) is 0 Å². The molecule has 2 heterocycles. The predicted octanol–water partition coefficient (Wildman–Crippen LogP) is 3.16. The van der Waals surface area contributed by atoms with Crippen LogP contribution < -0.4 is 10.2 Å². The SMILES string of the molecule is Cc1ccc(NC(=O)C2CCCN(S(=O)(=O)c3ccccc3)C2)cc1N1CCCC1=O. The number of aryl methyl sites for hydroxylation is 1. The highest BCUT2D eigenvalue weighted by atomic mass is 32.2. The van der Waals surface area contributed by atoms with Crippen LogP contribution in [0.1, 0.15) is 31.2 Å². The minimum Gasteiger partial charge on any atom is -0.326 e. The predicted molar refractivity (Wildman–Crippen MR) is 119 cm³/mol. The average molecular weight is 442 g/mol. The van der Waals surface area contributed by atoms with Crippen molar-refractivity contribution in [2.24, 2.45) is 5.92 Å². The van der Waals surface area contributed by atoms with Crippen LogP contribution in [0.5, 0.6) is 0 Å². The standard InChI is InChI=1S/C23H27N3O4S/c1-17-11-12-19(15-21(17)26-14-6-10-22(26)27)24-23(28)18-7-5-13-25(16-18)31(29,30)20-8-3-2-4-9-20/h2-4,8-9,11-12,15,18H,5-7,10,13-14,16H2,1H3,(H,24,28). The van der Waals surface area contributed by atoms with E-state index in [2.05, 4.69) is 5.32 Å². The summed E-state index contributed by atoms with van der Waals surface area (Å²) < 4.78 is 27.3. The molecule has 164 valence electrons. The van der Waals surface area contributed by atoms with Crippen LogP contribution in [-0.4, -0.2) is 44.2 Å². The molecule has 2 aromatic rings. The largest absolute Gasteiger partial charge is 0.326 e.